The fraction of sp³-hybridized carbons (Fsp3) is 0.238. The second-order valence-corrected chi connectivity index (χ2v) is 13.4. The molecule has 2 aromatic heterocycles. The van der Waals surface area contributed by atoms with Gasteiger partial charge in [0.05, 0.1) is 61.7 Å². The van der Waals surface area contributed by atoms with Gasteiger partial charge in [-0.25, -0.2) is 4.39 Å². The van der Waals surface area contributed by atoms with E-state index in [0.717, 1.165) is 41.6 Å². The number of hydrogen-bond acceptors (Lipinski definition) is 7. The number of aromatic amines is 1. The van der Waals surface area contributed by atoms with Crippen LogP contribution in [0, 0.1) is 5.82 Å². The molecule has 53 heavy (non-hydrogen) atoms. The number of ether oxygens (including phenoxy) is 4. The number of halogens is 1. The van der Waals surface area contributed by atoms with Crippen LogP contribution in [0.4, 0.5) is 4.39 Å². The number of hydrogen-bond donors (Lipinski definition) is 1. The second-order valence-electron chi connectivity index (χ2n) is 13.4. The number of rotatable bonds is 10. The van der Waals surface area contributed by atoms with Crippen molar-refractivity contribution in [2.45, 2.75) is 19.7 Å². The zero-order valence-corrected chi connectivity index (χ0v) is 29.4. The number of carbonyl (C=O) groups is 2. The SMILES string of the molecule is COc1ccc(CN2C(=O)c3c(c4c5ccccc5n(CCN5CCOCC5)c4c4[nH]c5cc(OCc6ccccc6)c(F)cc5c34)C2=O)c(OC)c1. The van der Waals surface area contributed by atoms with Crippen molar-refractivity contribution in [1.29, 1.82) is 0 Å². The highest BCUT2D eigenvalue weighted by Crippen LogP contribution is 2.46. The number of nitrogens with zero attached hydrogens (tertiary/aromatic N) is 3. The number of methoxy groups -OCH3 is 2. The van der Waals surface area contributed by atoms with Gasteiger partial charge >= 0.3 is 0 Å². The van der Waals surface area contributed by atoms with Crippen LogP contribution in [0.5, 0.6) is 17.2 Å². The van der Waals surface area contributed by atoms with Crippen molar-refractivity contribution in [2.24, 2.45) is 0 Å². The molecule has 0 radical (unpaired) electrons. The molecule has 10 nitrogen and oxygen atoms in total. The Kier molecular flexibility index (Phi) is 8.24. The lowest BCUT2D eigenvalue weighted by Crippen LogP contribution is -2.38. The molecular formula is C42H37FN4O6. The zero-order chi connectivity index (χ0) is 36.2. The van der Waals surface area contributed by atoms with Gasteiger partial charge in [0.15, 0.2) is 11.6 Å². The van der Waals surface area contributed by atoms with Gasteiger partial charge in [0.25, 0.3) is 11.8 Å². The van der Waals surface area contributed by atoms with E-state index in [1.165, 1.54) is 18.1 Å². The van der Waals surface area contributed by atoms with Gasteiger partial charge < -0.3 is 28.5 Å². The highest BCUT2D eigenvalue weighted by molar-refractivity contribution is 6.39. The number of nitrogens with one attached hydrogen (secondary N) is 1. The van der Waals surface area contributed by atoms with Crippen LogP contribution >= 0.6 is 0 Å². The number of para-hydroxylation sites is 1. The van der Waals surface area contributed by atoms with Crippen LogP contribution in [0.25, 0.3) is 43.6 Å². The molecule has 0 bridgehead atoms. The van der Waals surface area contributed by atoms with Crippen molar-refractivity contribution in [3.8, 4) is 17.2 Å². The Labute approximate surface area is 304 Å². The van der Waals surface area contributed by atoms with Gasteiger partial charge in [0, 0.05) is 70.9 Å². The van der Waals surface area contributed by atoms with Gasteiger partial charge in [-0.15, -0.1) is 0 Å². The van der Waals surface area contributed by atoms with E-state index in [4.69, 9.17) is 18.9 Å². The number of aromatic nitrogens is 2. The smallest absolute Gasteiger partial charge is 0.262 e. The molecule has 4 heterocycles. The topological polar surface area (TPSA) is 98.3 Å². The summed E-state index contributed by atoms with van der Waals surface area (Å²) in [6.45, 7) is 4.58. The fourth-order valence-corrected chi connectivity index (χ4v) is 7.93. The number of fused-ring (bicyclic) bond motifs is 10. The fourth-order valence-electron chi connectivity index (χ4n) is 7.93. The molecule has 1 N–H and O–H groups in total. The first kappa shape index (κ1) is 33.0. The number of benzene rings is 5. The molecule has 1 fully saturated rings. The van der Waals surface area contributed by atoms with Gasteiger partial charge in [-0.2, -0.15) is 0 Å². The predicted molar refractivity (Wildman–Crippen MR) is 201 cm³/mol. The average Bonchev–Trinajstić information content (AvgIpc) is 3.80. The Morgan fingerprint density at radius 1 is 0.792 bits per heavy atom. The third kappa shape index (κ3) is 5.46. The molecule has 2 aliphatic heterocycles. The molecule has 0 atom stereocenters. The molecule has 0 aliphatic carbocycles. The van der Waals surface area contributed by atoms with E-state index in [1.54, 1.807) is 31.4 Å². The largest absolute Gasteiger partial charge is 0.497 e. The van der Waals surface area contributed by atoms with Gasteiger partial charge in [-0.1, -0.05) is 48.5 Å². The summed E-state index contributed by atoms with van der Waals surface area (Å²) in [5, 5.41) is 2.57. The molecule has 2 amide bonds. The zero-order valence-electron chi connectivity index (χ0n) is 29.4. The Hall–Kier alpha value is -5.91. The first-order chi connectivity index (χ1) is 25.9. The lowest BCUT2D eigenvalue weighted by molar-refractivity contribution is 0.0366. The van der Waals surface area contributed by atoms with Gasteiger partial charge in [-0.05, 0) is 29.8 Å². The highest BCUT2D eigenvalue weighted by atomic mass is 19.1. The van der Waals surface area contributed by atoms with E-state index in [-0.39, 0.29) is 24.5 Å². The van der Waals surface area contributed by atoms with E-state index in [0.29, 0.717) is 69.6 Å². The molecule has 0 spiro atoms. The molecule has 0 saturated carbocycles. The van der Waals surface area contributed by atoms with Crippen LogP contribution in [-0.2, 0) is 24.4 Å². The van der Waals surface area contributed by atoms with Crippen LogP contribution in [0.3, 0.4) is 0 Å². The number of H-pyrrole nitrogens is 1. The lowest BCUT2D eigenvalue weighted by atomic mass is 9.96. The molecule has 9 rings (SSSR count). The Morgan fingerprint density at radius 2 is 1.55 bits per heavy atom. The molecule has 268 valence electrons. The summed E-state index contributed by atoms with van der Waals surface area (Å²) in [6.07, 6.45) is 0. The Bertz CT molecular complexity index is 2570. The Balaban J connectivity index is 1.26. The normalized spacial score (nSPS) is 15.0. The molecule has 2 aliphatic rings. The van der Waals surface area contributed by atoms with E-state index in [2.05, 4.69) is 14.5 Å². The number of imide groups is 1. The highest BCUT2D eigenvalue weighted by Gasteiger charge is 2.42. The van der Waals surface area contributed by atoms with Crippen LogP contribution in [0.2, 0.25) is 0 Å². The minimum Gasteiger partial charge on any atom is -0.497 e. The number of amides is 2. The van der Waals surface area contributed by atoms with Gasteiger partial charge in [0.2, 0.25) is 0 Å². The molecule has 0 unspecified atom stereocenters. The summed E-state index contributed by atoms with van der Waals surface area (Å²) < 4.78 is 40.8. The first-order valence-electron chi connectivity index (χ1n) is 17.7. The minimum atomic E-state index is -0.562. The van der Waals surface area contributed by atoms with Crippen LogP contribution < -0.4 is 14.2 Å². The summed E-state index contributed by atoms with van der Waals surface area (Å²) in [4.78, 5) is 36.7. The maximum atomic E-state index is 16.0. The average molecular weight is 713 g/mol. The second kappa shape index (κ2) is 13.3. The number of morpholine rings is 1. The van der Waals surface area contributed by atoms with Crippen LogP contribution in [0.1, 0.15) is 31.8 Å². The summed E-state index contributed by atoms with van der Waals surface area (Å²) in [7, 11) is 3.10. The van der Waals surface area contributed by atoms with Crippen LogP contribution in [0.15, 0.2) is 84.9 Å². The quantitative estimate of drug-likeness (QED) is 0.149. The van der Waals surface area contributed by atoms with E-state index < -0.39 is 17.6 Å². The minimum absolute atomic E-state index is 0.0215. The van der Waals surface area contributed by atoms with Crippen molar-refractivity contribution in [1.82, 2.24) is 19.4 Å². The molecule has 1 saturated heterocycles. The maximum absolute atomic E-state index is 16.0. The van der Waals surface area contributed by atoms with Crippen molar-refractivity contribution < 1.29 is 32.9 Å². The van der Waals surface area contributed by atoms with E-state index in [1.807, 2.05) is 54.6 Å². The van der Waals surface area contributed by atoms with Crippen molar-refractivity contribution in [3.63, 3.8) is 0 Å². The maximum Gasteiger partial charge on any atom is 0.262 e. The predicted octanol–water partition coefficient (Wildman–Crippen LogP) is 7.29. The monoisotopic (exact) mass is 712 g/mol. The molecule has 11 heteroatoms. The van der Waals surface area contributed by atoms with E-state index in [9.17, 15) is 9.59 Å². The third-order valence-electron chi connectivity index (χ3n) is 10.5. The van der Waals surface area contributed by atoms with E-state index >= 15 is 4.39 Å². The summed E-state index contributed by atoms with van der Waals surface area (Å²) in [5.41, 5.74) is 5.12. The van der Waals surface area contributed by atoms with Crippen molar-refractivity contribution >= 4 is 55.4 Å². The molecule has 5 aromatic carbocycles. The summed E-state index contributed by atoms with van der Waals surface area (Å²) in [5.74, 6) is -0.256. The van der Waals surface area contributed by atoms with Crippen LogP contribution in [-0.4, -0.2) is 78.2 Å². The first-order valence-corrected chi connectivity index (χ1v) is 17.7. The Morgan fingerprint density at radius 3 is 2.32 bits per heavy atom. The van der Waals surface area contributed by atoms with Gasteiger partial charge in [0.1, 0.15) is 18.1 Å². The standard InChI is InChI=1S/C42H37FN4O6/c1-50-27-13-12-26(33(20-27)51-2)23-47-41(48)37-35-29-21-30(43)34(53-24-25-8-4-3-5-9-25)22-31(29)44-39(35)40-36(38(37)42(47)49)28-10-6-7-11-32(28)46(40)15-14-45-16-18-52-19-17-45/h3-13,20-22,44H,14-19,23-24H2,1-2H3. The summed E-state index contributed by atoms with van der Waals surface area (Å²) >= 11 is 0. The van der Waals surface area contributed by atoms with Crippen molar-refractivity contribution in [3.05, 3.63) is 113 Å². The molecule has 7 aromatic rings. The number of carbonyl (C=O) groups excluding carboxylic acids is 2. The summed E-state index contributed by atoms with van der Waals surface area (Å²) in [6, 6.07) is 25.9. The lowest BCUT2D eigenvalue weighted by Gasteiger charge is -2.27. The van der Waals surface area contributed by atoms with Gasteiger partial charge in [-0.3, -0.25) is 19.4 Å². The molecular weight excluding hydrogens is 675 g/mol. The van der Waals surface area contributed by atoms with Crippen molar-refractivity contribution in [2.75, 3.05) is 47.1 Å². The third-order valence-corrected chi connectivity index (χ3v) is 10.5.